The van der Waals surface area contributed by atoms with E-state index in [-0.39, 0.29) is 19.0 Å². The van der Waals surface area contributed by atoms with Crippen LogP contribution in [0.15, 0.2) is 0 Å². The molecule has 0 spiro atoms. The fraction of sp³-hybridized carbons (Fsp3) is 1.00. The summed E-state index contributed by atoms with van der Waals surface area (Å²) < 4.78 is 14.6. The van der Waals surface area contributed by atoms with Crippen molar-refractivity contribution < 1.29 is 23.8 Å². The standard InChI is InChI=1S/C5H11O5PS/c1-4-8-2-5(10-4)3-9-11(6,7)12/h4-5H,2-3H2,1H3,(H2,6,7,12)/p-1/t4-,5+/m1/s1. The molecular weight excluding hydrogens is 203 g/mol. The van der Waals surface area contributed by atoms with Crippen LogP contribution in [0.3, 0.4) is 0 Å². The van der Waals surface area contributed by atoms with Crippen LogP contribution in [-0.4, -0.2) is 30.5 Å². The van der Waals surface area contributed by atoms with Crippen molar-refractivity contribution in [2.24, 2.45) is 0 Å². The van der Waals surface area contributed by atoms with Crippen LogP contribution < -0.4 is 4.89 Å². The molecule has 1 heterocycles. The summed E-state index contributed by atoms with van der Waals surface area (Å²) in [4.78, 5) is 19.1. The minimum atomic E-state index is -3.79. The first kappa shape index (κ1) is 10.5. The molecule has 3 atom stereocenters. The second-order valence-electron chi connectivity index (χ2n) is 2.42. The van der Waals surface area contributed by atoms with Crippen molar-refractivity contribution in [2.45, 2.75) is 19.3 Å². The maximum absolute atomic E-state index is 10.5. The highest BCUT2D eigenvalue weighted by atomic mass is 32.5. The highest BCUT2D eigenvalue weighted by Crippen LogP contribution is 2.31. The van der Waals surface area contributed by atoms with E-state index in [2.05, 4.69) is 16.3 Å². The molecule has 0 saturated carbocycles. The Morgan fingerprint density at radius 2 is 2.50 bits per heavy atom. The molecule has 1 saturated heterocycles. The second kappa shape index (κ2) is 4.11. The van der Waals surface area contributed by atoms with Gasteiger partial charge in [-0.2, -0.15) is 0 Å². The van der Waals surface area contributed by atoms with E-state index in [1.165, 1.54) is 0 Å². The Kier molecular flexibility index (Phi) is 3.60. The fourth-order valence-corrected chi connectivity index (χ4v) is 1.39. The average Bonchev–Trinajstić information content (AvgIpc) is 2.30. The predicted molar refractivity (Wildman–Crippen MR) is 42.7 cm³/mol. The van der Waals surface area contributed by atoms with Crippen LogP contribution in [0.4, 0.5) is 0 Å². The number of ether oxygens (including phenoxy) is 2. The SMILES string of the molecule is C[C@@H]1OC[C@@H](COP([O-])(O)=S)O1. The van der Waals surface area contributed by atoms with Crippen LogP contribution in [0.25, 0.3) is 0 Å². The molecule has 5 nitrogen and oxygen atoms in total. The smallest absolute Gasteiger partial charge is 0.155 e. The first-order valence-electron chi connectivity index (χ1n) is 3.43. The molecule has 1 N–H and O–H groups in total. The van der Waals surface area contributed by atoms with Crippen molar-refractivity contribution in [2.75, 3.05) is 13.2 Å². The summed E-state index contributed by atoms with van der Waals surface area (Å²) in [7, 11) is 0. The predicted octanol–water partition coefficient (Wildman–Crippen LogP) is -0.659. The molecule has 12 heavy (non-hydrogen) atoms. The molecule has 0 bridgehead atoms. The van der Waals surface area contributed by atoms with Crippen molar-refractivity contribution in [1.82, 2.24) is 0 Å². The Bertz CT molecular complexity index is 192. The highest BCUT2D eigenvalue weighted by Gasteiger charge is 2.22. The molecule has 0 aromatic carbocycles. The normalized spacial score (nSPS) is 34.9. The van der Waals surface area contributed by atoms with Crippen LogP contribution in [-0.2, 0) is 25.8 Å². The van der Waals surface area contributed by atoms with Crippen LogP contribution in [0.5, 0.6) is 0 Å². The number of rotatable bonds is 3. The summed E-state index contributed by atoms with van der Waals surface area (Å²) in [5.41, 5.74) is 0. The van der Waals surface area contributed by atoms with Gasteiger partial charge in [-0.25, -0.2) is 0 Å². The quantitative estimate of drug-likeness (QED) is 0.627. The number of hydrogen-bond donors (Lipinski definition) is 1. The lowest BCUT2D eigenvalue weighted by molar-refractivity contribution is -0.203. The van der Waals surface area contributed by atoms with E-state index in [4.69, 9.17) is 14.4 Å². The minimum Gasteiger partial charge on any atom is -0.780 e. The van der Waals surface area contributed by atoms with Gasteiger partial charge in [-0.05, 0) is 6.92 Å². The van der Waals surface area contributed by atoms with Gasteiger partial charge in [0.15, 0.2) is 6.29 Å². The largest absolute Gasteiger partial charge is 0.780 e. The summed E-state index contributed by atoms with van der Waals surface area (Å²) in [6.45, 7) is -1.67. The summed E-state index contributed by atoms with van der Waals surface area (Å²) >= 11 is 4.14. The van der Waals surface area contributed by atoms with Gasteiger partial charge in [0.2, 0.25) is 0 Å². The van der Waals surface area contributed by atoms with Gasteiger partial charge in [0, 0.05) is 0 Å². The van der Waals surface area contributed by atoms with E-state index >= 15 is 0 Å². The molecule has 0 aromatic rings. The van der Waals surface area contributed by atoms with Crippen LogP contribution in [0, 0.1) is 0 Å². The van der Waals surface area contributed by atoms with Crippen molar-refractivity contribution in [3.05, 3.63) is 0 Å². The van der Waals surface area contributed by atoms with Gasteiger partial charge < -0.3 is 23.8 Å². The zero-order valence-corrected chi connectivity index (χ0v) is 8.22. The van der Waals surface area contributed by atoms with Crippen LogP contribution >= 0.6 is 6.72 Å². The van der Waals surface area contributed by atoms with Crippen LogP contribution in [0.2, 0.25) is 0 Å². The molecule has 1 rings (SSSR count). The fourth-order valence-electron chi connectivity index (χ4n) is 0.857. The highest BCUT2D eigenvalue weighted by molar-refractivity contribution is 8.06. The summed E-state index contributed by atoms with van der Waals surface area (Å²) in [5.74, 6) is 0. The molecule has 0 amide bonds. The Morgan fingerprint density at radius 1 is 1.83 bits per heavy atom. The zero-order valence-electron chi connectivity index (χ0n) is 6.50. The van der Waals surface area contributed by atoms with Gasteiger partial charge in [-0.1, -0.05) is 11.8 Å². The lowest BCUT2D eigenvalue weighted by Gasteiger charge is -2.21. The van der Waals surface area contributed by atoms with Crippen LogP contribution in [0.1, 0.15) is 6.92 Å². The molecule has 1 aliphatic rings. The Hall–Kier alpha value is 0.450. The van der Waals surface area contributed by atoms with Gasteiger partial charge in [-0.3, -0.25) is 0 Å². The van der Waals surface area contributed by atoms with Gasteiger partial charge in [0.05, 0.1) is 13.2 Å². The van der Waals surface area contributed by atoms with Crippen molar-refractivity contribution in [3.63, 3.8) is 0 Å². The number of hydrogen-bond acceptors (Lipinski definition) is 5. The molecular formula is C5H10O5PS-. The maximum Gasteiger partial charge on any atom is 0.155 e. The zero-order chi connectivity index (χ0) is 9.19. The third-order valence-corrected chi connectivity index (χ3v) is 2.12. The van der Waals surface area contributed by atoms with E-state index in [9.17, 15) is 4.89 Å². The van der Waals surface area contributed by atoms with Crippen molar-refractivity contribution in [1.29, 1.82) is 0 Å². The van der Waals surface area contributed by atoms with E-state index in [1.54, 1.807) is 6.92 Å². The molecule has 0 aliphatic carbocycles. The Balaban J connectivity index is 2.21. The Labute approximate surface area is 75.5 Å². The van der Waals surface area contributed by atoms with Gasteiger partial charge in [-0.15, -0.1) is 0 Å². The lowest BCUT2D eigenvalue weighted by Crippen LogP contribution is -2.19. The second-order valence-corrected chi connectivity index (χ2v) is 5.00. The molecule has 1 fully saturated rings. The summed E-state index contributed by atoms with van der Waals surface area (Å²) in [6, 6.07) is 0. The molecule has 7 heteroatoms. The molecule has 1 aliphatic heterocycles. The third kappa shape index (κ3) is 3.91. The average molecular weight is 213 g/mol. The summed E-state index contributed by atoms with van der Waals surface area (Å²) in [6.07, 6.45) is -0.565. The Morgan fingerprint density at radius 3 is 2.92 bits per heavy atom. The van der Waals surface area contributed by atoms with Crippen molar-refractivity contribution >= 4 is 18.5 Å². The molecule has 72 valence electrons. The van der Waals surface area contributed by atoms with Gasteiger partial charge in [0.25, 0.3) is 0 Å². The summed E-state index contributed by atoms with van der Waals surface area (Å²) in [5, 5.41) is 0. The maximum atomic E-state index is 10.5. The molecule has 1 unspecified atom stereocenters. The van der Waals surface area contributed by atoms with E-state index in [0.29, 0.717) is 6.61 Å². The van der Waals surface area contributed by atoms with E-state index in [1.807, 2.05) is 0 Å². The van der Waals surface area contributed by atoms with E-state index < -0.39 is 6.72 Å². The molecule has 0 aromatic heterocycles. The first-order chi connectivity index (χ1) is 5.47. The third-order valence-electron chi connectivity index (χ3n) is 1.32. The van der Waals surface area contributed by atoms with Gasteiger partial charge in [0.1, 0.15) is 12.8 Å². The van der Waals surface area contributed by atoms with Crippen molar-refractivity contribution in [3.8, 4) is 0 Å². The lowest BCUT2D eigenvalue weighted by atomic mass is 10.4. The first-order valence-corrected chi connectivity index (χ1v) is 6.02. The van der Waals surface area contributed by atoms with Gasteiger partial charge >= 0.3 is 0 Å². The minimum absolute atomic E-state index is 0.00160. The molecule has 0 radical (unpaired) electrons. The topological polar surface area (TPSA) is 71.0 Å². The monoisotopic (exact) mass is 213 g/mol. The van der Waals surface area contributed by atoms with E-state index in [0.717, 1.165) is 0 Å².